The molecule has 1 unspecified atom stereocenters. The van der Waals surface area contributed by atoms with Gasteiger partial charge in [0.2, 0.25) is 0 Å². The molecule has 2 N–H and O–H groups in total. The molecule has 2 atom stereocenters. The average molecular weight is 641 g/mol. The summed E-state index contributed by atoms with van der Waals surface area (Å²) in [5, 5.41) is 14.4. The average Bonchev–Trinajstić information content (AvgIpc) is 3.31. The molecule has 0 amide bonds. The number of piperidine rings is 1. The Morgan fingerprint density at radius 3 is 2.69 bits per heavy atom. The molecular weight excluding hydrogens is 607 g/mol. The van der Waals surface area contributed by atoms with E-state index in [1.54, 1.807) is 12.1 Å². The first-order valence-electron chi connectivity index (χ1n) is 14.2. The monoisotopic (exact) mass is 639 g/mol. The van der Waals surface area contributed by atoms with Gasteiger partial charge in [0.05, 0.1) is 43.1 Å². The van der Waals surface area contributed by atoms with E-state index in [1.807, 2.05) is 13.8 Å². The van der Waals surface area contributed by atoms with Crippen LogP contribution in [0.15, 0.2) is 24.4 Å². The quantitative estimate of drug-likeness (QED) is 0.255. The number of carboxylic acids is 1. The lowest BCUT2D eigenvalue weighted by Crippen LogP contribution is -2.58. The summed E-state index contributed by atoms with van der Waals surface area (Å²) in [5.74, 6) is 0.452. The van der Waals surface area contributed by atoms with Gasteiger partial charge in [-0.1, -0.05) is 34.5 Å². The maximum absolute atomic E-state index is 13.3. The zero-order valence-electron chi connectivity index (χ0n) is 23.3. The summed E-state index contributed by atoms with van der Waals surface area (Å²) in [6.45, 7) is 4.54. The third-order valence-electron chi connectivity index (χ3n) is 9.07. The highest BCUT2D eigenvalue weighted by Gasteiger charge is 2.49. The fraction of sp³-hybridized carbons (Fsp3) is 0.552. The molecule has 3 fully saturated rings. The van der Waals surface area contributed by atoms with Crippen LogP contribution in [-0.4, -0.2) is 64.8 Å². The van der Waals surface area contributed by atoms with E-state index >= 15 is 0 Å². The molecular formula is C29H33Cl2F2N5O3S. The highest BCUT2D eigenvalue weighted by atomic mass is 35.5. The first kappa shape index (κ1) is 29.6. The van der Waals surface area contributed by atoms with E-state index in [9.17, 15) is 18.7 Å². The lowest BCUT2D eigenvalue weighted by atomic mass is 9.65. The Bertz CT molecular complexity index is 1480. The first-order chi connectivity index (χ1) is 20.0. The first-order valence-corrected chi connectivity index (χ1v) is 15.8. The second-order valence-electron chi connectivity index (χ2n) is 12.0. The third kappa shape index (κ3) is 5.73. The molecule has 4 heterocycles. The number of rotatable bonds is 9. The van der Waals surface area contributed by atoms with Crippen molar-refractivity contribution < 1.29 is 23.4 Å². The Kier molecular flexibility index (Phi) is 8.14. The van der Waals surface area contributed by atoms with Crippen molar-refractivity contribution in [2.24, 2.45) is 17.3 Å². The smallest absolute Gasteiger partial charge is 0.387 e. The SMILES string of the molecule is CC(Nc1c(OC(F)F)ccc2nc(N3CC([C@H]4CCCN(C5CC(C)(C(=O)O)C5)C4)C3)sc12)c1ncc(Cl)cc1Cl. The van der Waals surface area contributed by atoms with Crippen LogP contribution in [0.2, 0.25) is 10.0 Å². The Balaban J connectivity index is 1.15. The summed E-state index contributed by atoms with van der Waals surface area (Å²) >= 11 is 13.8. The molecule has 0 radical (unpaired) electrons. The van der Waals surface area contributed by atoms with Gasteiger partial charge in [0.25, 0.3) is 0 Å². The second kappa shape index (κ2) is 11.6. The van der Waals surface area contributed by atoms with Crippen molar-refractivity contribution in [1.82, 2.24) is 14.9 Å². The maximum atomic E-state index is 13.3. The number of alkyl halides is 2. The van der Waals surface area contributed by atoms with E-state index < -0.39 is 24.0 Å². The number of hydrogen-bond donors (Lipinski definition) is 2. The Morgan fingerprint density at radius 2 is 2.00 bits per heavy atom. The second-order valence-corrected chi connectivity index (χ2v) is 13.9. The fourth-order valence-electron chi connectivity index (χ4n) is 6.59. The van der Waals surface area contributed by atoms with Gasteiger partial charge in [-0.05, 0) is 76.1 Å². The van der Waals surface area contributed by atoms with E-state index in [1.165, 1.54) is 30.0 Å². The van der Waals surface area contributed by atoms with Crippen molar-refractivity contribution in [2.75, 3.05) is 36.4 Å². The van der Waals surface area contributed by atoms with Crippen LogP contribution in [0.25, 0.3) is 10.2 Å². The number of benzene rings is 1. The van der Waals surface area contributed by atoms with Crippen LogP contribution in [0, 0.1) is 17.3 Å². The number of aromatic nitrogens is 2. The largest absolute Gasteiger partial charge is 0.481 e. The molecule has 2 saturated heterocycles. The number of anilines is 2. The zero-order chi connectivity index (χ0) is 29.8. The number of carboxylic acid groups (broad SMARTS) is 1. The third-order valence-corrected chi connectivity index (χ3v) is 10.7. The van der Waals surface area contributed by atoms with Gasteiger partial charge in [0.1, 0.15) is 0 Å². The Hall–Kier alpha value is -2.47. The summed E-state index contributed by atoms with van der Waals surface area (Å²) in [5.41, 5.74) is 1.07. The highest BCUT2D eigenvalue weighted by molar-refractivity contribution is 7.22. The molecule has 13 heteroatoms. The number of nitrogens with zero attached hydrogens (tertiary/aromatic N) is 4. The molecule has 0 bridgehead atoms. The molecule has 1 aliphatic carbocycles. The van der Waals surface area contributed by atoms with E-state index in [0.717, 1.165) is 55.3 Å². The maximum Gasteiger partial charge on any atom is 0.387 e. The Morgan fingerprint density at radius 1 is 1.24 bits per heavy atom. The minimum absolute atomic E-state index is 0.0309. The molecule has 8 nitrogen and oxygen atoms in total. The summed E-state index contributed by atoms with van der Waals surface area (Å²) in [7, 11) is 0. The van der Waals surface area contributed by atoms with Crippen molar-refractivity contribution in [1.29, 1.82) is 0 Å². The number of halogens is 4. The predicted octanol–water partition coefficient (Wildman–Crippen LogP) is 7.17. The van der Waals surface area contributed by atoms with E-state index in [4.69, 9.17) is 32.9 Å². The summed E-state index contributed by atoms with van der Waals surface area (Å²) < 4.78 is 32.2. The number of pyridine rings is 1. The van der Waals surface area contributed by atoms with E-state index in [0.29, 0.717) is 44.8 Å². The van der Waals surface area contributed by atoms with Crippen molar-refractivity contribution in [3.63, 3.8) is 0 Å². The van der Waals surface area contributed by atoms with Gasteiger partial charge in [0, 0.05) is 31.9 Å². The molecule has 3 aliphatic rings. The number of fused-ring (bicyclic) bond motifs is 1. The van der Waals surface area contributed by atoms with E-state index in [2.05, 4.69) is 20.1 Å². The number of ether oxygens (including phenoxy) is 1. The minimum atomic E-state index is -2.98. The minimum Gasteiger partial charge on any atom is -0.481 e. The normalized spacial score (nSPS) is 25.7. The van der Waals surface area contributed by atoms with Crippen LogP contribution in [0.3, 0.4) is 0 Å². The van der Waals surface area contributed by atoms with Crippen molar-refractivity contribution in [2.45, 2.75) is 58.2 Å². The van der Waals surface area contributed by atoms with Crippen LogP contribution in [0.1, 0.15) is 51.3 Å². The van der Waals surface area contributed by atoms with Crippen LogP contribution in [-0.2, 0) is 4.79 Å². The molecule has 226 valence electrons. The highest BCUT2D eigenvalue weighted by Crippen LogP contribution is 2.47. The zero-order valence-corrected chi connectivity index (χ0v) is 25.7. The van der Waals surface area contributed by atoms with Crippen LogP contribution in [0.4, 0.5) is 19.6 Å². The molecule has 2 aliphatic heterocycles. The molecule has 0 spiro atoms. The van der Waals surface area contributed by atoms with Gasteiger partial charge in [-0.25, -0.2) is 4.98 Å². The van der Waals surface area contributed by atoms with Crippen molar-refractivity contribution in [3.05, 3.63) is 40.1 Å². The van der Waals surface area contributed by atoms with Gasteiger partial charge in [-0.15, -0.1) is 0 Å². The number of hydrogen-bond acceptors (Lipinski definition) is 8. The van der Waals surface area contributed by atoms with Crippen LogP contribution in [0.5, 0.6) is 5.75 Å². The lowest BCUT2D eigenvalue weighted by Gasteiger charge is -2.52. The number of aliphatic carboxylic acids is 1. The molecule has 1 saturated carbocycles. The van der Waals surface area contributed by atoms with Gasteiger partial charge in [-0.3, -0.25) is 9.78 Å². The van der Waals surface area contributed by atoms with Crippen LogP contribution >= 0.6 is 34.5 Å². The topological polar surface area (TPSA) is 90.8 Å². The van der Waals surface area contributed by atoms with Gasteiger partial charge < -0.3 is 25.0 Å². The van der Waals surface area contributed by atoms with Gasteiger partial charge in [-0.2, -0.15) is 8.78 Å². The van der Waals surface area contributed by atoms with Gasteiger partial charge in [0.15, 0.2) is 10.9 Å². The summed E-state index contributed by atoms with van der Waals surface area (Å²) in [6.07, 6.45) is 5.26. The van der Waals surface area contributed by atoms with E-state index in [-0.39, 0.29) is 5.75 Å². The van der Waals surface area contributed by atoms with Crippen molar-refractivity contribution >= 4 is 61.5 Å². The van der Waals surface area contributed by atoms with Crippen molar-refractivity contribution in [3.8, 4) is 5.75 Å². The molecule has 3 aromatic rings. The fourth-order valence-corrected chi connectivity index (χ4v) is 8.22. The number of carbonyl (C=O) groups is 1. The predicted molar refractivity (Wildman–Crippen MR) is 161 cm³/mol. The van der Waals surface area contributed by atoms with Gasteiger partial charge >= 0.3 is 12.6 Å². The van der Waals surface area contributed by atoms with Crippen LogP contribution < -0.4 is 15.0 Å². The summed E-state index contributed by atoms with van der Waals surface area (Å²) in [4.78, 5) is 25.5. The lowest BCUT2D eigenvalue weighted by molar-refractivity contribution is -0.158. The standard InChI is InChI=1S/C29H33Cl2F2N5O3S/c1-15(23-20(31)8-18(30)11-34-23)35-24-22(41-27(32)33)6-5-21-25(24)42-28(36-21)38-13-17(14-38)16-4-3-7-37(12-16)19-9-29(2,10-19)26(39)40/h5-6,8,11,15-17,19,27,35H,3-4,7,9-10,12-14H2,1-2H3,(H,39,40)/t15?,16-,19?,29?/m0/s1. The Labute approximate surface area is 257 Å². The summed E-state index contributed by atoms with van der Waals surface area (Å²) in [6, 6.07) is 4.75. The molecule has 2 aromatic heterocycles. The number of nitrogens with one attached hydrogen (secondary N) is 1. The molecule has 1 aromatic carbocycles. The number of thiazole rings is 1. The molecule has 42 heavy (non-hydrogen) atoms. The number of likely N-dealkylation sites (tertiary alicyclic amines) is 1. The molecule has 6 rings (SSSR count).